The maximum absolute atomic E-state index is 10.6. The lowest BCUT2D eigenvalue weighted by Gasteiger charge is -2.03. The van der Waals surface area contributed by atoms with Gasteiger partial charge in [0.05, 0.1) is 7.11 Å². The number of methoxy groups -OCH3 is 1. The average Bonchev–Trinajstić information content (AvgIpc) is 2.69. The summed E-state index contributed by atoms with van der Waals surface area (Å²) in [5.74, 6) is 0.898. The zero-order valence-electron chi connectivity index (χ0n) is 16.3. The Kier molecular flexibility index (Phi) is 14.0. The molecule has 4 nitrogen and oxygen atoms in total. The maximum atomic E-state index is 10.6. The Labute approximate surface area is 187 Å². The second kappa shape index (κ2) is 14.6. The van der Waals surface area contributed by atoms with E-state index in [0.29, 0.717) is 4.90 Å². The molecule has 29 heavy (non-hydrogen) atoms. The summed E-state index contributed by atoms with van der Waals surface area (Å²) in [5, 5.41) is 0. The summed E-state index contributed by atoms with van der Waals surface area (Å²) < 4.78 is 15.8. The molecule has 3 aromatic carbocycles. The van der Waals surface area contributed by atoms with Gasteiger partial charge in [0.2, 0.25) is 0 Å². The molecule has 8 heteroatoms. The first-order chi connectivity index (χ1) is 13.0. The molecule has 0 saturated heterocycles. The first-order valence-electron chi connectivity index (χ1n) is 8.18. The first-order valence-corrected chi connectivity index (χ1v) is 12.3. The molecular formula is C21H25ClO4S3. The van der Waals surface area contributed by atoms with Gasteiger partial charge in [0.25, 0.3) is 0 Å². The number of aryl methyl sites for hydroxylation is 2. The minimum atomic E-state index is -1.36. The van der Waals surface area contributed by atoms with Gasteiger partial charge in [-0.1, -0.05) is 57.0 Å². The van der Waals surface area contributed by atoms with E-state index >= 15 is 0 Å². The van der Waals surface area contributed by atoms with Gasteiger partial charge < -0.3 is 20.2 Å². The van der Waals surface area contributed by atoms with Crippen LogP contribution in [-0.4, -0.2) is 22.6 Å². The Morgan fingerprint density at radius 2 is 1.10 bits per heavy atom. The Morgan fingerprint density at radius 3 is 1.48 bits per heavy atom. The van der Waals surface area contributed by atoms with Gasteiger partial charge in [0.1, 0.15) is 16.1 Å². The summed E-state index contributed by atoms with van der Waals surface area (Å²) in [4.78, 5) is 3.17. The molecule has 0 radical (unpaired) electrons. The molecule has 0 amide bonds. The highest BCUT2D eigenvalue weighted by Gasteiger charge is 2.04. The van der Waals surface area contributed by atoms with E-state index < -0.39 is 10.4 Å². The number of rotatable bonds is 5. The summed E-state index contributed by atoms with van der Waals surface area (Å²) in [6.07, 6.45) is 0. The molecule has 1 unspecified atom stereocenters. The second-order valence-electron chi connectivity index (χ2n) is 5.69. The minimum Gasteiger partial charge on any atom is -0.594 e. The van der Waals surface area contributed by atoms with Crippen molar-refractivity contribution in [3.05, 3.63) is 83.9 Å². The molecule has 3 aromatic rings. The molecule has 0 bridgehead atoms. The molecule has 4 N–H and O–H groups in total. The van der Waals surface area contributed by atoms with Crippen molar-refractivity contribution in [3.63, 3.8) is 0 Å². The van der Waals surface area contributed by atoms with Crippen LogP contribution in [0.3, 0.4) is 0 Å². The molecule has 1 atom stereocenters. The fourth-order valence-corrected chi connectivity index (χ4v) is 4.56. The van der Waals surface area contributed by atoms with E-state index in [1.54, 1.807) is 40.8 Å². The SMILES string of the molecule is COc1ccc(SSc2ccc(C)cc2)cc1.Cc1ccc([S+]([O-])Cl)cc1.O.O. The van der Waals surface area contributed by atoms with E-state index in [2.05, 4.69) is 43.3 Å². The third-order valence-corrected chi connectivity index (χ3v) is 7.12. The van der Waals surface area contributed by atoms with Crippen LogP contribution in [0, 0.1) is 13.8 Å². The summed E-state index contributed by atoms with van der Waals surface area (Å²) >= 11 is 0. The van der Waals surface area contributed by atoms with Gasteiger partial charge in [-0.3, -0.25) is 0 Å². The largest absolute Gasteiger partial charge is 0.594 e. The van der Waals surface area contributed by atoms with Crippen LogP contribution in [0.25, 0.3) is 0 Å². The van der Waals surface area contributed by atoms with Gasteiger partial charge in [0.15, 0.2) is 15.6 Å². The van der Waals surface area contributed by atoms with E-state index in [0.717, 1.165) is 11.3 Å². The number of hydrogen-bond donors (Lipinski definition) is 0. The average molecular weight is 473 g/mol. The van der Waals surface area contributed by atoms with Crippen LogP contribution in [-0.2, 0) is 10.4 Å². The molecule has 0 fully saturated rings. The monoisotopic (exact) mass is 472 g/mol. The van der Waals surface area contributed by atoms with E-state index in [9.17, 15) is 4.55 Å². The van der Waals surface area contributed by atoms with Crippen molar-refractivity contribution in [1.82, 2.24) is 0 Å². The molecular weight excluding hydrogens is 448 g/mol. The molecule has 0 saturated carbocycles. The van der Waals surface area contributed by atoms with Crippen molar-refractivity contribution >= 4 is 42.7 Å². The zero-order chi connectivity index (χ0) is 19.6. The second-order valence-corrected chi connectivity index (χ2v) is 9.73. The Hall–Kier alpha value is -1.32. The highest BCUT2D eigenvalue weighted by atomic mass is 35.7. The molecule has 0 aliphatic heterocycles. The first kappa shape index (κ1) is 27.7. The highest BCUT2D eigenvalue weighted by Crippen LogP contribution is 2.37. The van der Waals surface area contributed by atoms with Crippen molar-refractivity contribution in [2.24, 2.45) is 0 Å². The van der Waals surface area contributed by atoms with E-state index in [1.807, 2.05) is 31.2 Å². The van der Waals surface area contributed by atoms with Gasteiger partial charge in [-0.25, -0.2) is 0 Å². The van der Waals surface area contributed by atoms with Gasteiger partial charge in [0, 0.05) is 9.79 Å². The van der Waals surface area contributed by atoms with Crippen molar-refractivity contribution in [3.8, 4) is 5.75 Å². The summed E-state index contributed by atoms with van der Waals surface area (Å²) in [6, 6.07) is 24.0. The van der Waals surface area contributed by atoms with Gasteiger partial charge in [-0.05, 0) is 62.4 Å². The lowest BCUT2D eigenvalue weighted by molar-refractivity contribution is 0.414. The van der Waals surface area contributed by atoms with Gasteiger partial charge in [-0.15, -0.1) is 0 Å². The van der Waals surface area contributed by atoms with Crippen LogP contribution in [0.2, 0.25) is 0 Å². The molecule has 0 aliphatic carbocycles. The standard InChI is InChI=1S/C14H14OS2.C7H7ClOS.2H2O/c1-11-3-7-13(8-4-11)16-17-14-9-5-12(15-2)6-10-14;1-6-2-4-7(5-3-6)10(8)9;;/h3-10H,1-2H3;2-5H,1H3;2*1H2. The van der Waals surface area contributed by atoms with Crippen LogP contribution < -0.4 is 4.74 Å². The van der Waals surface area contributed by atoms with Crippen LogP contribution in [0.4, 0.5) is 0 Å². The Morgan fingerprint density at radius 1 is 0.724 bits per heavy atom. The number of hydrogen-bond acceptors (Lipinski definition) is 4. The lowest BCUT2D eigenvalue weighted by atomic mass is 10.2. The third-order valence-electron chi connectivity index (χ3n) is 3.52. The fourth-order valence-electron chi connectivity index (χ4n) is 1.97. The van der Waals surface area contributed by atoms with Crippen LogP contribution in [0.5, 0.6) is 5.75 Å². The topological polar surface area (TPSA) is 95.3 Å². The normalized spacial score (nSPS) is 10.5. The molecule has 0 heterocycles. The lowest BCUT2D eigenvalue weighted by Crippen LogP contribution is -1.89. The smallest absolute Gasteiger partial charge is 0.181 e. The summed E-state index contributed by atoms with van der Waals surface area (Å²) in [7, 11) is 9.18. The molecule has 0 spiro atoms. The minimum absolute atomic E-state index is 0. The Balaban J connectivity index is 0.000000567. The van der Waals surface area contributed by atoms with Crippen LogP contribution in [0.1, 0.15) is 11.1 Å². The molecule has 0 aliphatic rings. The highest BCUT2D eigenvalue weighted by molar-refractivity contribution is 8.76. The predicted octanol–water partition coefficient (Wildman–Crippen LogP) is 5.41. The fraction of sp³-hybridized carbons (Fsp3) is 0.143. The number of halogens is 1. The zero-order valence-corrected chi connectivity index (χ0v) is 19.6. The van der Waals surface area contributed by atoms with Crippen molar-refractivity contribution in [1.29, 1.82) is 0 Å². The predicted molar refractivity (Wildman–Crippen MR) is 127 cm³/mol. The Bertz CT molecular complexity index is 811. The van der Waals surface area contributed by atoms with Crippen molar-refractivity contribution in [2.75, 3.05) is 7.11 Å². The van der Waals surface area contributed by atoms with E-state index in [-0.39, 0.29) is 11.0 Å². The number of ether oxygens (including phenoxy) is 1. The van der Waals surface area contributed by atoms with E-state index in [1.165, 1.54) is 15.4 Å². The van der Waals surface area contributed by atoms with Gasteiger partial charge >= 0.3 is 0 Å². The van der Waals surface area contributed by atoms with Crippen molar-refractivity contribution in [2.45, 2.75) is 28.5 Å². The molecule has 158 valence electrons. The summed E-state index contributed by atoms with van der Waals surface area (Å²) in [6.45, 7) is 4.08. The van der Waals surface area contributed by atoms with Crippen molar-refractivity contribution < 1.29 is 20.2 Å². The van der Waals surface area contributed by atoms with E-state index in [4.69, 9.17) is 15.4 Å². The quantitative estimate of drug-likeness (QED) is 0.366. The molecule has 0 aromatic heterocycles. The van der Waals surface area contributed by atoms with Gasteiger partial charge in [-0.2, -0.15) is 0 Å². The van der Waals surface area contributed by atoms with Crippen LogP contribution >= 0.6 is 32.3 Å². The maximum Gasteiger partial charge on any atom is 0.181 e. The summed E-state index contributed by atoms with van der Waals surface area (Å²) in [5.41, 5.74) is 2.44. The van der Waals surface area contributed by atoms with Crippen LogP contribution in [0.15, 0.2) is 87.5 Å². The number of benzene rings is 3. The third kappa shape index (κ3) is 10.3. The molecule has 3 rings (SSSR count).